The molecular formula is C23H28N4O3S2. The molecule has 1 fully saturated rings. The molecule has 2 aromatic carbocycles. The van der Waals surface area contributed by atoms with Crippen LogP contribution in [-0.4, -0.2) is 53.7 Å². The van der Waals surface area contributed by atoms with Gasteiger partial charge in [-0.3, -0.25) is 4.79 Å². The number of carbonyl (C=O) groups is 1. The number of nitrogens with one attached hydrogen (secondary N) is 2. The maximum atomic E-state index is 12.9. The van der Waals surface area contributed by atoms with Crippen LogP contribution in [-0.2, 0) is 10.0 Å². The predicted octanol–water partition coefficient (Wildman–Crippen LogP) is 3.96. The van der Waals surface area contributed by atoms with Gasteiger partial charge in [0, 0.05) is 18.7 Å². The third-order valence-electron chi connectivity index (χ3n) is 5.72. The first kappa shape index (κ1) is 22.8. The Kier molecular flexibility index (Phi) is 7.17. The number of hydrogen-bond acceptors (Lipinski definition) is 5. The highest BCUT2D eigenvalue weighted by molar-refractivity contribution is 7.98. The SMILES string of the molecule is CSCC[C@H](NC(=O)c1ccc(S(=O)(=O)N2CCCCC2)cc1)c1nc2ccccc2[nH]1. The molecule has 1 aromatic heterocycles. The number of benzene rings is 2. The number of rotatable bonds is 8. The summed E-state index contributed by atoms with van der Waals surface area (Å²) in [4.78, 5) is 21.1. The largest absolute Gasteiger partial charge is 0.342 e. The van der Waals surface area contributed by atoms with E-state index in [2.05, 4.69) is 15.3 Å². The highest BCUT2D eigenvalue weighted by Gasteiger charge is 2.26. The second-order valence-electron chi connectivity index (χ2n) is 7.94. The van der Waals surface area contributed by atoms with Gasteiger partial charge in [-0.2, -0.15) is 16.1 Å². The van der Waals surface area contributed by atoms with Gasteiger partial charge in [0.15, 0.2) is 0 Å². The van der Waals surface area contributed by atoms with Gasteiger partial charge in [-0.05, 0) is 67.7 Å². The van der Waals surface area contributed by atoms with Gasteiger partial charge in [0.05, 0.1) is 22.0 Å². The number of piperidine rings is 1. The van der Waals surface area contributed by atoms with E-state index in [1.165, 1.54) is 16.4 Å². The summed E-state index contributed by atoms with van der Waals surface area (Å²) in [6.45, 7) is 1.11. The monoisotopic (exact) mass is 472 g/mol. The van der Waals surface area contributed by atoms with Gasteiger partial charge in [0.25, 0.3) is 5.91 Å². The van der Waals surface area contributed by atoms with Gasteiger partial charge in [-0.15, -0.1) is 0 Å². The van der Waals surface area contributed by atoms with E-state index in [0.29, 0.717) is 18.7 Å². The standard InChI is InChI=1S/C23H28N4O3S2/c1-31-16-13-21(22-24-19-7-3-4-8-20(19)25-22)26-23(28)17-9-11-18(12-10-17)32(29,30)27-14-5-2-6-15-27/h3-4,7-12,21H,2,5-6,13-16H2,1H3,(H,24,25)(H,26,28)/t21-/m0/s1. The molecule has 0 bridgehead atoms. The van der Waals surface area contributed by atoms with Crippen molar-refractivity contribution in [1.82, 2.24) is 19.6 Å². The number of aromatic nitrogens is 2. The van der Waals surface area contributed by atoms with E-state index in [-0.39, 0.29) is 16.8 Å². The first-order chi connectivity index (χ1) is 15.5. The molecule has 32 heavy (non-hydrogen) atoms. The summed E-state index contributed by atoms with van der Waals surface area (Å²) < 4.78 is 27.2. The molecular weight excluding hydrogens is 444 g/mol. The van der Waals surface area contributed by atoms with Crippen molar-refractivity contribution in [1.29, 1.82) is 0 Å². The average molecular weight is 473 g/mol. The number of sulfonamides is 1. The molecule has 0 radical (unpaired) electrons. The van der Waals surface area contributed by atoms with Crippen molar-refractivity contribution in [2.45, 2.75) is 36.6 Å². The Balaban J connectivity index is 1.50. The minimum atomic E-state index is -3.51. The lowest BCUT2D eigenvalue weighted by molar-refractivity contribution is 0.0934. The number of nitrogens with zero attached hydrogens (tertiary/aromatic N) is 2. The van der Waals surface area contributed by atoms with E-state index in [1.807, 2.05) is 30.5 Å². The first-order valence-corrected chi connectivity index (χ1v) is 13.7. The minimum absolute atomic E-state index is 0.229. The molecule has 7 nitrogen and oxygen atoms in total. The van der Waals surface area contributed by atoms with Crippen LogP contribution in [0.25, 0.3) is 11.0 Å². The molecule has 9 heteroatoms. The molecule has 1 atom stereocenters. The van der Waals surface area contributed by atoms with E-state index in [0.717, 1.165) is 48.3 Å². The summed E-state index contributed by atoms with van der Waals surface area (Å²) in [5.74, 6) is 1.34. The van der Waals surface area contributed by atoms with Gasteiger partial charge in [-0.1, -0.05) is 18.6 Å². The summed E-state index contributed by atoms with van der Waals surface area (Å²) in [6, 6.07) is 13.7. The minimum Gasteiger partial charge on any atom is -0.342 e. The second kappa shape index (κ2) is 10.1. The van der Waals surface area contributed by atoms with Crippen molar-refractivity contribution < 1.29 is 13.2 Å². The van der Waals surface area contributed by atoms with Crippen LogP contribution in [0.1, 0.15) is 47.9 Å². The van der Waals surface area contributed by atoms with Crippen LogP contribution >= 0.6 is 11.8 Å². The fraction of sp³-hybridized carbons (Fsp3) is 0.391. The number of imidazole rings is 1. The van der Waals surface area contributed by atoms with Crippen molar-refractivity contribution in [3.63, 3.8) is 0 Å². The van der Waals surface area contributed by atoms with Crippen molar-refractivity contribution in [2.75, 3.05) is 25.1 Å². The Hall–Kier alpha value is -2.36. The zero-order chi connectivity index (χ0) is 22.6. The van der Waals surface area contributed by atoms with Crippen LogP contribution in [0.3, 0.4) is 0 Å². The van der Waals surface area contributed by atoms with Gasteiger partial charge >= 0.3 is 0 Å². The van der Waals surface area contributed by atoms with Crippen molar-refractivity contribution >= 4 is 38.7 Å². The molecule has 2 heterocycles. The highest BCUT2D eigenvalue weighted by Crippen LogP contribution is 2.23. The predicted molar refractivity (Wildman–Crippen MR) is 128 cm³/mol. The van der Waals surface area contributed by atoms with Crippen LogP contribution in [0.15, 0.2) is 53.4 Å². The van der Waals surface area contributed by atoms with Gasteiger partial charge in [0.1, 0.15) is 5.82 Å². The lowest BCUT2D eigenvalue weighted by Gasteiger charge is -2.25. The zero-order valence-corrected chi connectivity index (χ0v) is 19.7. The lowest BCUT2D eigenvalue weighted by atomic mass is 10.1. The zero-order valence-electron chi connectivity index (χ0n) is 18.1. The molecule has 170 valence electrons. The summed E-state index contributed by atoms with van der Waals surface area (Å²) in [7, 11) is -3.51. The molecule has 0 saturated carbocycles. The van der Waals surface area contributed by atoms with E-state index in [9.17, 15) is 13.2 Å². The van der Waals surface area contributed by atoms with Gasteiger partial charge in [-0.25, -0.2) is 13.4 Å². The van der Waals surface area contributed by atoms with Crippen LogP contribution in [0.4, 0.5) is 0 Å². The first-order valence-electron chi connectivity index (χ1n) is 10.8. The van der Waals surface area contributed by atoms with Crippen molar-refractivity contribution in [3.05, 3.63) is 59.9 Å². The number of hydrogen-bond donors (Lipinski definition) is 2. The van der Waals surface area contributed by atoms with Gasteiger partial charge in [0.2, 0.25) is 10.0 Å². The van der Waals surface area contributed by atoms with E-state index < -0.39 is 10.0 Å². The molecule has 0 spiro atoms. The van der Waals surface area contributed by atoms with Crippen molar-refractivity contribution in [3.8, 4) is 0 Å². The summed E-state index contributed by atoms with van der Waals surface area (Å²) >= 11 is 1.71. The highest BCUT2D eigenvalue weighted by atomic mass is 32.2. The molecule has 0 unspecified atom stereocenters. The summed E-state index contributed by atoms with van der Waals surface area (Å²) in [5.41, 5.74) is 2.21. The maximum Gasteiger partial charge on any atom is 0.251 e. The van der Waals surface area contributed by atoms with E-state index in [1.54, 1.807) is 23.9 Å². The molecule has 1 saturated heterocycles. The Morgan fingerprint density at radius 1 is 1.12 bits per heavy atom. The maximum absolute atomic E-state index is 12.9. The number of amides is 1. The molecule has 0 aliphatic carbocycles. The number of thioether (sulfide) groups is 1. The fourth-order valence-electron chi connectivity index (χ4n) is 3.92. The topological polar surface area (TPSA) is 95.2 Å². The average Bonchev–Trinajstić information content (AvgIpc) is 3.26. The molecule has 2 N–H and O–H groups in total. The number of fused-ring (bicyclic) bond motifs is 1. The second-order valence-corrected chi connectivity index (χ2v) is 10.9. The molecule has 1 amide bonds. The summed E-state index contributed by atoms with van der Waals surface area (Å²) in [6.07, 6.45) is 5.60. The molecule has 4 rings (SSSR count). The third-order valence-corrected chi connectivity index (χ3v) is 8.28. The smallest absolute Gasteiger partial charge is 0.251 e. The quantitative estimate of drug-likeness (QED) is 0.517. The third kappa shape index (κ3) is 5.00. The Labute approximate surface area is 193 Å². The van der Waals surface area contributed by atoms with Crippen LogP contribution in [0.2, 0.25) is 0 Å². The lowest BCUT2D eigenvalue weighted by Crippen LogP contribution is -2.35. The number of aromatic amines is 1. The molecule has 1 aliphatic rings. The van der Waals surface area contributed by atoms with Gasteiger partial charge < -0.3 is 10.3 Å². The van der Waals surface area contributed by atoms with Crippen molar-refractivity contribution in [2.24, 2.45) is 0 Å². The molecule has 1 aliphatic heterocycles. The Bertz CT molecular complexity index is 1140. The fourth-order valence-corrected chi connectivity index (χ4v) is 5.91. The van der Waals surface area contributed by atoms with E-state index >= 15 is 0 Å². The van der Waals surface area contributed by atoms with Crippen LogP contribution < -0.4 is 5.32 Å². The summed E-state index contributed by atoms with van der Waals surface area (Å²) in [5, 5.41) is 3.06. The van der Waals surface area contributed by atoms with E-state index in [4.69, 9.17) is 0 Å². The van der Waals surface area contributed by atoms with Crippen LogP contribution in [0, 0.1) is 0 Å². The van der Waals surface area contributed by atoms with Crippen LogP contribution in [0.5, 0.6) is 0 Å². The number of para-hydroxylation sites is 2. The normalized spacial score (nSPS) is 16.2. The number of carbonyl (C=O) groups excluding carboxylic acids is 1. The Morgan fingerprint density at radius 3 is 2.53 bits per heavy atom. The number of H-pyrrole nitrogens is 1. The Morgan fingerprint density at radius 2 is 1.84 bits per heavy atom. The molecule has 3 aromatic rings.